The van der Waals surface area contributed by atoms with Crippen LogP contribution in [0.4, 0.5) is 4.79 Å². The highest BCUT2D eigenvalue weighted by atomic mass is 32.1. The fourth-order valence-corrected chi connectivity index (χ4v) is 6.23. The van der Waals surface area contributed by atoms with E-state index in [1.807, 2.05) is 27.8 Å². The lowest BCUT2D eigenvalue weighted by Gasteiger charge is -2.41. The normalized spacial score (nSPS) is 24.9. The number of nitrogens with one attached hydrogen (secondary N) is 1. The van der Waals surface area contributed by atoms with Crippen LogP contribution in [0.15, 0.2) is 41.4 Å². The number of aromatic nitrogens is 1. The molecule has 1 saturated carbocycles. The second kappa shape index (κ2) is 8.65. The van der Waals surface area contributed by atoms with Crippen LogP contribution in [-0.4, -0.2) is 45.7 Å². The third-order valence-corrected chi connectivity index (χ3v) is 8.02. The van der Waals surface area contributed by atoms with E-state index in [1.54, 1.807) is 29.8 Å². The van der Waals surface area contributed by atoms with Crippen molar-refractivity contribution in [3.63, 3.8) is 0 Å². The molecular weight excluding hydrogens is 424 g/mol. The van der Waals surface area contributed by atoms with Gasteiger partial charge in [0.15, 0.2) is 5.54 Å². The second-order valence-electron chi connectivity index (χ2n) is 9.08. The van der Waals surface area contributed by atoms with Gasteiger partial charge in [0.05, 0.1) is 6.54 Å². The minimum Gasteiger partial charge on any atom is -0.342 e. The van der Waals surface area contributed by atoms with E-state index in [0.29, 0.717) is 31.5 Å². The van der Waals surface area contributed by atoms with Gasteiger partial charge in [-0.05, 0) is 60.1 Å². The molecule has 0 bridgehead atoms. The van der Waals surface area contributed by atoms with Crippen LogP contribution in [0.2, 0.25) is 0 Å². The zero-order valence-electron chi connectivity index (χ0n) is 18.0. The fraction of sp³-hybridized carbons (Fsp3) is 0.500. The van der Waals surface area contributed by atoms with Gasteiger partial charge in [-0.2, -0.15) is 11.3 Å². The lowest BCUT2D eigenvalue weighted by Crippen LogP contribution is -2.54. The van der Waals surface area contributed by atoms with Crippen molar-refractivity contribution in [1.29, 1.82) is 0 Å². The molecule has 3 fully saturated rings. The maximum Gasteiger partial charge on any atom is 0.325 e. The van der Waals surface area contributed by atoms with Gasteiger partial charge in [-0.25, -0.2) is 4.79 Å². The van der Waals surface area contributed by atoms with Gasteiger partial charge < -0.3 is 10.2 Å². The lowest BCUT2D eigenvalue weighted by atomic mass is 9.73. The number of hydrogen-bond acceptors (Lipinski definition) is 5. The summed E-state index contributed by atoms with van der Waals surface area (Å²) >= 11 is 1.55. The molecule has 2 aliphatic heterocycles. The van der Waals surface area contributed by atoms with Crippen LogP contribution in [0.3, 0.4) is 0 Å². The summed E-state index contributed by atoms with van der Waals surface area (Å²) in [5, 5.41) is 6.96. The average Bonchev–Trinajstić information content (AvgIpc) is 3.59. The molecule has 2 aromatic rings. The van der Waals surface area contributed by atoms with Crippen molar-refractivity contribution in [2.75, 3.05) is 13.1 Å². The Hall–Kier alpha value is -2.74. The SMILES string of the molecule is O=C(C1CCCC1)N1CCC([C@]2(c3cccnc3)NC(=O)N(Cc3ccsc3)C2=O)CC1. The molecule has 4 amide bonds. The Morgan fingerprint density at radius 3 is 2.59 bits per heavy atom. The highest BCUT2D eigenvalue weighted by Crippen LogP contribution is 2.42. The van der Waals surface area contributed by atoms with Crippen molar-refractivity contribution in [1.82, 2.24) is 20.1 Å². The van der Waals surface area contributed by atoms with E-state index in [9.17, 15) is 14.4 Å². The van der Waals surface area contributed by atoms with Crippen molar-refractivity contribution in [3.8, 4) is 0 Å². The number of urea groups is 1. The molecule has 3 aliphatic rings. The van der Waals surface area contributed by atoms with Gasteiger partial charge in [-0.3, -0.25) is 19.5 Å². The van der Waals surface area contributed by atoms with E-state index in [1.165, 1.54) is 4.90 Å². The smallest absolute Gasteiger partial charge is 0.325 e. The number of piperidine rings is 1. The number of carbonyl (C=O) groups is 3. The largest absolute Gasteiger partial charge is 0.342 e. The summed E-state index contributed by atoms with van der Waals surface area (Å²) in [6.45, 7) is 1.50. The Labute approximate surface area is 191 Å². The molecular formula is C24H28N4O3S. The van der Waals surface area contributed by atoms with Gasteiger partial charge in [-0.15, -0.1) is 0 Å². The number of thiophene rings is 1. The highest BCUT2D eigenvalue weighted by Gasteiger charge is 2.57. The molecule has 32 heavy (non-hydrogen) atoms. The molecule has 0 aromatic carbocycles. The van der Waals surface area contributed by atoms with Gasteiger partial charge in [0, 0.05) is 37.0 Å². The maximum atomic E-state index is 13.8. The molecule has 8 heteroatoms. The van der Waals surface area contributed by atoms with Crippen molar-refractivity contribution in [3.05, 3.63) is 52.5 Å². The minimum atomic E-state index is -1.14. The zero-order chi connectivity index (χ0) is 22.1. The van der Waals surface area contributed by atoms with Crippen molar-refractivity contribution in [2.45, 2.75) is 50.6 Å². The predicted octanol–water partition coefficient (Wildman–Crippen LogP) is 3.52. The molecule has 0 spiro atoms. The van der Waals surface area contributed by atoms with Crippen LogP contribution < -0.4 is 5.32 Å². The number of hydrogen-bond donors (Lipinski definition) is 1. The Bertz CT molecular complexity index is 982. The standard InChI is InChI=1S/C24H28N4O3S/c29-21(18-4-1-2-5-18)27-11-7-19(8-12-27)24(20-6-3-10-25-14-20)22(30)28(23(31)26-24)15-17-9-13-32-16-17/h3,6,9-10,13-14,16,18-19H,1-2,4-5,7-8,11-12,15H2,(H,26,31)/t24-/m1/s1. The van der Waals surface area contributed by atoms with E-state index >= 15 is 0 Å². The van der Waals surface area contributed by atoms with E-state index in [4.69, 9.17) is 0 Å². The summed E-state index contributed by atoms with van der Waals surface area (Å²) in [4.78, 5) is 47.3. The number of likely N-dealkylation sites (tertiary alicyclic amines) is 1. The summed E-state index contributed by atoms with van der Waals surface area (Å²) in [7, 11) is 0. The van der Waals surface area contributed by atoms with E-state index < -0.39 is 5.54 Å². The summed E-state index contributed by atoms with van der Waals surface area (Å²) < 4.78 is 0. The third-order valence-electron chi connectivity index (χ3n) is 7.29. The first-order valence-corrected chi connectivity index (χ1v) is 12.4. The molecule has 168 valence electrons. The number of imide groups is 1. The van der Waals surface area contributed by atoms with Gasteiger partial charge in [-0.1, -0.05) is 18.9 Å². The van der Waals surface area contributed by atoms with Gasteiger partial charge in [0.2, 0.25) is 5.91 Å². The van der Waals surface area contributed by atoms with Crippen LogP contribution in [0.25, 0.3) is 0 Å². The topological polar surface area (TPSA) is 82.6 Å². The Kier molecular flexibility index (Phi) is 5.71. The Balaban J connectivity index is 1.39. The first kappa shape index (κ1) is 21.1. The predicted molar refractivity (Wildman–Crippen MR) is 121 cm³/mol. The van der Waals surface area contributed by atoms with Crippen LogP contribution in [0.1, 0.15) is 49.7 Å². The lowest BCUT2D eigenvalue weighted by molar-refractivity contribution is -0.139. The summed E-state index contributed by atoms with van der Waals surface area (Å²) in [6.07, 6.45) is 8.95. The van der Waals surface area contributed by atoms with Crippen molar-refractivity contribution in [2.24, 2.45) is 11.8 Å². The number of amides is 4. The van der Waals surface area contributed by atoms with Crippen LogP contribution in [0, 0.1) is 11.8 Å². The summed E-state index contributed by atoms with van der Waals surface area (Å²) in [5.74, 6) is 0.107. The Morgan fingerprint density at radius 2 is 1.94 bits per heavy atom. The van der Waals surface area contributed by atoms with E-state index in [0.717, 1.165) is 31.2 Å². The first-order chi connectivity index (χ1) is 15.6. The molecule has 0 unspecified atom stereocenters. The molecule has 2 aromatic heterocycles. The number of nitrogens with zero attached hydrogens (tertiary/aromatic N) is 3. The molecule has 1 N–H and O–H groups in total. The van der Waals surface area contributed by atoms with E-state index in [2.05, 4.69) is 10.3 Å². The third kappa shape index (κ3) is 3.60. The molecule has 1 aliphatic carbocycles. The van der Waals surface area contributed by atoms with Crippen molar-refractivity contribution >= 4 is 29.2 Å². The van der Waals surface area contributed by atoms with Crippen LogP contribution in [0.5, 0.6) is 0 Å². The maximum absolute atomic E-state index is 13.8. The van der Waals surface area contributed by atoms with Crippen LogP contribution >= 0.6 is 11.3 Å². The molecule has 0 radical (unpaired) electrons. The zero-order valence-corrected chi connectivity index (χ0v) is 18.9. The monoisotopic (exact) mass is 452 g/mol. The van der Waals surface area contributed by atoms with E-state index in [-0.39, 0.29) is 36.2 Å². The van der Waals surface area contributed by atoms with Gasteiger partial charge in [0.1, 0.15) is 0 Å². The van der Waals surface area contributed by atoms with Gasteiger partial charge >= 0.3 is 6.03 Å². The Morgan fingerprint density at radius 1 is 1.16 bits per heavy atom. The number of pyridine rings is 1. The minimum absolute atomic E-state index is 0.0942. The van der Waals surface area contributed by atoms with Crippen molar-refractivity contribution < 1.29 is 14.4 Å². The molecule has 7 nitrogen and oxygen atoms in total. The molecule has 1 atom stereocenters. The fourth-order valence-electron chi connectivity index (χ4n) is 5.57. The van der Waals surface area contributed by atoms with Crippen LogP contribution in [-0.2, 0) is 21.7 Å². The molecule has 5 rings (SSSR count). The number of carbonyl (C=O) groups excluding carboxylic acids is 3. The first-order valence-electron chi connectivity index (χ1n) is 11.4. The number of rotatable bonds is 5. The summed E-state index contributed by atoms with van der Waals surface area (Å²) in [5.41, 5.74) is 0.522. The molecule has 2 saturated heterocycles. The quantitative estimate of drug-likeness (QED) is 0.704. The average molecular weight is 453 g/mol. The highest BCUT2D eigenvalue weighted by molar-refractivity contribution is 7.07. The summed E-state index contributed by atoms with van der Waals surface area (Å²) in [6, 6.07) is 5.24. The molecule has 4 heterocycles. The second-order valence-corrected chi connectivity index (χ2v) is 9.86. The van der Waals surface area contributed by atoms with Gasteiger partial charge in [0.25, 0.3) is 5.91 Å².